The second-order valence-corrected chi connectivity index (χ2v) is 5.53. The lowest BCUT2D eigenvalue weighted by Crippen LogP contribution is -2.18. The van der Waals surface area contributed by atoms with Gasteiger partial charge in [0.15, 0.2) is 0 Å². The number of imidazole rings is 1. The first-order valence-corrected chi connectivity index (χ1v) is 7.58. The van der Waals surface area contributed by atoms with Crippen molar-refractivity contribution < 1.29 is 0 Å². The molecule has 0 unspecified atom stereocenters. The van der Waals surface area contributed by atoms with Gasteiger partial charge in [-0.2, -0.15) is 0 Å². The Labute approximate surface area is 131 Å². The van der Waals surface area contributed by atoms with Crippen LogP contribution in [0.15, 0.2) is 35.0 Å². The van der Waals surface area contributed by atoms with Gasteiger partial charge in [0.05, 0.1) is 11.4 Å². The lowest BCUT2D eigenvalue weighted by Gasteiger charge is -2.17. The highest BCUT2D eigenvalue weighted by atomic mass is 35.5. The van der Waals surface area contributed by atoms with Crippen molar-refractivity contribution in [3.63, 3.8) is 0 Å². The Kier molecular flexibility index (Phi) is 5.07. The largest absolute Gasteiger partial charge is 0.372 e. The van der Waals surface area contributed by atoms with Crippen molar-refractivity contribution in [1.82, 2.24) is 14.9 Å². The minimum absolute atomic E-state index is 0.668. The molecule has 0 saturated carbocycles. The zero-order valence-electron chi connectivity index (χ0n) is 13.1. The number of allylic oxidation sites excluding steroid dienone is 5. The highest BCUT2D eigenvalue weighted by molar-refractivity contribution is 6.30. The Morgan fingerprint density at radius 1 is 1.33 bits per heavy atom. The standard InChI is InChI=1S/C17H22ClN3/c1-5-7-9-21-15(8-6-2)13(4)20-17(21)14-10-16(18)19-11-12(14)3/h5-8,10,19H,9,11H2,1-4H3/b7-5-,8-6-. The van der Waals surface area contributed by atoms with Gasteiger partial charge in [-0.05, 0) is 45.4 Å². The average Bonchev–Trinajstić information content (AvgIpc) is 2.76. The Bertz CT molecular complexity index is 645. The maximum atomic E-state index is 6.14. The molecule has 0 saturated heterocycles. The molecule has 1 aromatic heterocycles. The zero-order chi connectivity index (χ0) is 15.4. The van der Waals surface area contributed by atoms with Crippen molar-refractivity contribution in [1.29, 1.82) is 0 Å². The van der Waals surface area contributed by atoms with E-state index in [2.05, 4.69) is 35.0 Å². The second-order valence-electron chi connectivity index (χ2n) is 5.13. The Hall–Kier alpha value is -1.74. The van der Waals surface area contributed by atoms with Crippen LogP contribution in [-0.4, -0.2) is 16.1 Å². The summed E-state index contributed by atoms with van der Waals surface area (Å²) in [6.45, 7) is 9.79. The number of dihydropyridines is 1. The predicted molar refractivity (Wildman–Crippen MR) is 91.0 cm³/mol. The van der Waals surface area contributed by atoms with E-state index >= 15 is 0 Å². The summed E-state index contributed by atoms with van der Waals surface area (Å²) in [6, 6.07) is 0. The smallest absolute Gasteiger partial charge is 0.141 e. The van der Waals surface area contributed by atoms with Gasteiger partial charge in [-0.1, -0.05) is 29.8 Å². The summed E-state index contributed by atoms with van der Waals surface area (Å²) in [5.74, 6) is 0.982. The van der Waals surface area contributed by atoms with Crippen LogP contribution in [-0.2, 0) is 6.54 Å². The number of halogens is 1. The molecule has 4 heteroatoms. The van der Waals surface area contributed by atoms with Crippen molar-refractivity contribution >= 4 is 23.3 Å². The van der Waals surface area contributed by atoms with E-state index < -0.39 is 0 Å². The fourth-order valence-electron chi connectivity index (χ4n) is 2.42. The molecule has 2 rings (SSSR count). The number of aromatic nitrogens is 2. The number of aryl methyl sites for hydroxylation is 1. The number of nitrogens with one attached hydrogen (secondary N) is 1. The molecule has 1 aliphatic rings. The van der Waals surface area contributed by atoms with E-state index in [-0.39, 0.29) is 0 Å². The molecule has 0 bridgehead atoms. The van der Waals surface area contributed by atoms with Crippen LogP contribution < -0.4 is 5.32 Å². The highest BCUT2D eigenvalue weighted by Crippen LogP contribution is 2.27. The summed E-state index contributed by atoms with van der Waals surface area (Å²) < 4.78 is 2.24. The van der Waals surface area contributed by atoms with Crippen LogP contribution in [0, 0.1) is 6.92 Å². The molecule has 1 aromatic rings. The van der Waals surface area contributed by atoms with Crippen molar-refractivity contribution in [3.8, 4) is 0 Å². The summed E-state index contributed by atoms with van der Waals surface area (Å²) in [5.41, 5.74) is 4.55. The first-order valence-electron chi connectivity index (χ1n) is 7.20. The second kappa shape index (κ2) is 6.81. The van der Waals surface area contributed by atoms with Crippen LogP contribution in [0.1, 0.15) is 38.0 Å². The van der Waals surface area contributed by atoms with Gasteiger partial charge in [0.25, 0.3) is 0 Å². The molecule has 2 heterocycles. The number of hydrogen-bond donors (Lipinski definition) is 1. The Morgan fingerprint density at radius 3 is 2.76 bits per heavy atom. The zero-order valence-corrected chi connectivity index (χ0v) is 13.8. The summed E-state index contributed by atoms with van der Waals surface area (Å²) in [6.07, 6.45) is 10.3. The number of nitrogens with zero attached hydrogens (tertiary/aromatic N) is 2. The highest BCUT2D eigenvalue weighted by Gasteiger charge is 2.18. The molecule has 0 fully saturated rings. The Morgan fingerprint density at radius 2 is 2.10 bits per heavy atom. The minimum Gasteiger partial charge on any atom is -0.372 e. The molecule has 21 heavy (non-hydrogen) atoms. The van der Waals surface area contributed by atoms with Gasteiger partial charge in [0.1, 0.15) is 11.0 Å². The molecular formula is C17H22ClN3. The van der Waals surface area contributed by atoms with Gasteiger partial charge in [-0.3, -0.25) is 0 Å². The van der Waals surface area contributed by atoms with Crippen LogP contribution in [0.5, 0.6) is 0 Å². The summed E-state index contributed by atoms with van der Waals surface area (Å²) in [5, 5.41) is 3.81. The van der Waals surface area contributed by atoms with Crippen LogP contribution in [0.25, 0.3) is 11.6 Å². The molecule has 0 aliphatic carbocycles. The third-order valence-corrected chi connectivity index (χ3v) is 3.78. The molecule has 3 nitrogen and oxygen atoms in total. The van der Waals surface area contributed by atoms with Gasteiger partial charge in [0.2, 0.25) is 0 Å². The van der Waals surface area contributed by atoms with Crippen molar-refractivity contribution in [2.75, 3.05) is 6.54 Å². The third-order valence-electron chi connectivity index (χ3n) is 3.53. The van der Waals surface area contributed by atoms with E-state index in [1.807, 2.05) is 32.9 Å². The first kappa shape index (κ1) is 15.6. The summed E-state index contributed by atoms with van der Waals surface area (Å²) in [4.78, 5) is 4.78. The lowest BCUT2D eigenvalue weighted by atomic mass is 10.1. The van der Waals surface area contributed by atoms with E-state index in [1.54, 1.807) is 0 Å². The summed E-state index contributed by atoms with van der Waals surface area (Å²) in [7, 11) is 0. The van der Waals surface area contributed by atoms with Crippen LogP contribution >= 0.6 is 11.6 Å². The molecule has 112 valence electrons. The molecular weight excluding hydrogens is 282 g/mol. The maximum absolute atomic E-state index is 6.14. The summed E-state index contributed by atoms with van der Waals surface area (Å²) >= 11 is 6.14. The van der Waals surface area contributed by atoms with Crippen molar-refractivity contribution in [2.24, 2.45) is 0 Å². The van der Waals surface area contributed by atoms with Gasteiger partial charge < -0.3 is 9.88 Å². The molecule has 0 radical (unpaired) electrons. The monoisotopic (exact) mass is 303 g/mol. The predicted octanol–water partition coefficient (Wildman–Crippen LogP) is 4.26. The van der Waals surface area contributed by atoms with E-state index in [0.717, 1.165) is 35.9 Å². The molecule has 0 aromatic carbocycles. The van der Waals surface area contributed by atoms with E-state index in [9.17, 15) is 0 Å². The quantitative estimate of drug-likeness (QED) is 0.665. The van der Waals surface area contributed by atoms with Crippen LogP contribution in [0.4, 0.5) is 0 Å². The lowest BCUT2D eigenvalue weighted by molar-refractivity contribution is 0.790. The fraction of sp³-hybridized carbons (Fsp3) is 0.353. The number of hydrogen-bond acceptors (Lipinski definition) is 2. The molecule has 0 amide bonds. The minimum atomic E-state index is 0.668. The van der Waals surface area contributed by atoms with E-state index in [0.29, 0.717) is 5.16 Å². The van der Waals surface area contributed by atoms with Crippen molar-refractivity contribution in [3.05, 3.63) is 52.2 Å². The molecule has 1 aliphatic heterocycles. The Balaban J connectivity index is 2.60. The van der Waals surface area contributed by atoms with Crippen LogP contribution in [0.2, 0.25) is 0 Å². The molecule has 0 spiro atoms. The number of rotatable bonds is 4. The van der Waals surface area contributed by atoms with Crippen LogP contribution in [0.3, 0.4) is 0 Å². The van der Waals surface area contributed by atoms with Crippen molar-refractivity contribution in [2.45, 2.75) is 34.2 Å². The molecule has 0 atom stereocenters. The van der Waals surface area contributed by atoms with E-state index in [4.69, 9.17) is 16.6 Å². The fourth-order valence-corrected chi connectivity index (χ4v) is 2.60. The SMILES string of the molecule is C/C=C\Cn1c(C2=C(C)CNC(Cl)=C2)nc(C)c1/C=C\C. The third kappa shape index (κ3) is 3.30. The van der Waals surface area contributed by atoms with Gasteiger partial charge in [-0.15, -0.1) is 0 Å². The normalized spacial score (nSPS) is 16.0. The average molecular weight is 304 g/mol. The first-order chi connectivity index (χ1) is 10.1. The maximum Gasteiger partial charge on any atom is 0.141 e. The van der Waals surface area contributed by atoms with Gasteiger partial charge >= 0.3 is 0 Å². The van der Waals surface area contributed by atoms with Gasteiger partial charge in [-0.25, -0.2) is 4.98 Å². The van der Waals surface area contributed by atoms with E-state index in [1.165, 1.54) is 5.57 Å². The van der Waals surface area contributed by atoms with Gasteiger partial charge in [0, 0.05) is 18.7 Å². The topological polar surface area (TPSA) is 29.9 Å². The molecule has 1 N–H and O–H groups in total.